The van der Waals surface area contributed by atoms with Crippen molar-refractivity contribution in [3.05, 3.63) is 47.5 Å². The second-order valence-electron chi connectivity index (χ2n) is 7.33. The first-order valence-electron chi connectivity index (χ1n) is 8.89. The summed E-state index contributed by atoms with van der Waals surface area (Å²) >= 11 is 0. The molecule has 0 radical (unpaired) electrons. The van der Waals surface area contributed by atoms with Gasteiger partial charge in [-0.3, -0.25) is 4.98 Å². The first kappa shape index (κ1) is 16.8. The summed E-state index contributed by atoms with van der Waals surface area (Å²) in [5, 5.41) is 15.5. The van der Waals surface area contributed by atoms with Gasteiger partial charge in [-0.25, -0.2) is 0 Å². The van der Waals surface area contributed by atoms with Crippen LogP contribution in [-0.4, -0.2) is 19.8 Å². The van der Waals surface area contributed by atoms with E-state index in [0.29, 0.717) is 0 Å². The Labute approximate surface area is 152 Å². The van der Waals surface area contributed by atoms with E-state index in [-0.39, 0.29) is 0 Å². The van der Waals surface area contributed by atoms with Gasteiger partial charge in [-0.15, -0.1) is 0 Å². The van der Waals surface area contributed by atoms with Crippen LogP contribution < -0.4 is 0 Å². The minimum atomic E-state index is -0.876. The first-order chi connectivity index (χ1) is 12.3. The van der Waals surface area contributed by atoms with Crippen molar-refractivity contribution in [3.8, 4) is 11.1 Å². The summed E-state index contributed by atoms with van der Waals surface area (Å²) in [5.41, 5.74) is 6.04. The Kier molecular flexibility index (Phi) is 3.66. The van der Waals surface area contributed by atoms with Gasteiger partial charge in [0, 0.05) is 29.3 Å². The molecule has 1 N–H and O–H groups in total. The Morgan fingerprint density at radius 1 is 1.15 bits per heavy atom. The molecule has 0 fully saturated rings. The number of fused-ring (bicyclic) bond motifs is 3. The van der Waals surface area contributed by atoms with Crippen LogP contribution in [-0.2, 0) is 12.1 Å². The molecule has 0 aliphatic heterocycles. The molecule has 0 bridgehead atoms. The summed E-state index contributed by atoms with van der Waals surface area (Å²) in [6.45, 7) is 10.4. The van der Waals surface area contributed by atoms with Gasteiger partial charge in [-0.2, -0.15) is 0 Å². The monoisotopic (exact) mass is 349 g/mol. The molecule has 26 heavy (non-hydrogen) atoms. The van der Waals surface area contributed by atoms with Crippen LogP contribution in [0.25, 0.3) is 33.1 Å². The second kappa shape index (κ2) is 5.68. The lowest BCUT2D eigenvalue weighted by Crippen LogP contribution is -2.15. The molecule has 0 saturated heterocycles. The highest BCUT2D eigenvalue weighted by atomic mass is 16.5. The molecule has 0 atom stereocenters. The highest BCUT2D eigenvalue weighted by Gasteiger charge is 2.20. The number of aryl methyl sites for hydroxylation is 3. The summed E-state index contributed by atoms with van der Waals surface area (Å²) in [7, 11) is 0. The van der Waals surface area contributed by atoms with E-state index in [2.05, 4.69) is 34.8 Å². The number of aliphatic hydroxyl groups is 1. The van der Waals surface area contributed by atoms with Crippen LogP contribution in [0.3, 0.4) is 0 Å². The van der Waals surface area contributed by atoms with E-state index >= 15 is 0 Å². The Hall–Kier alpha value is -2.66. The Morgan fingerprint density at radius 3 is 2.54 bits per heavy atom. The van der Waals surface area contributed by atoms with Crippen LogP contribution in [0.15, 0.2) is 35.0 Å². The maximum Gasteiger partial charge on any atom is 0.141 e. The van der Waals surface area contributed by atoms with Crippen LogP contribution in [0.5, 0.6) is 0 Å². The molecule has 0 unspecified atom stereocenters. The van der Waals surface area contributed by atoms with Gasteiger partial charge in [0.2, 0.25) is 0 Å². The van der Waals surface area contributed by atoms with Crippen molar-refractivity contribution in [2.75, 3.05) is 0 Å². The van der Waals surface area contributed by atoms with E-state index < -0.39 is 5.60 Å². The van der Waals surface area contributed by atoms with Crippen LogP contribution in [0.2, 0.25) is 0 Å². The maximum absolute atomic E-state index is 10.4. The van der Waals surface area contributed by atoms with Gasteiger partial charge in [0.25, 0.3) is 0 Å². The van der Waals surface area contributed by atoms with Crippen molar-refractivity contribution >= 4 is 21.9 Å². The van der Waals surface area contributed by atoms with Gasteiger partial charge >= 0.3 is 0 Å². The zero-order valence-corrected chi connectivity index (χ0v) is 15.8. The van der Waals surface area contributed by atoms with Gasteiger partial charge in [0.05, 0.1) is 27.8 Å². The zero-order valence-electron chi connectivity index (χ0n) is 15.8. The van der Waals surface area contributed by atoms with E-state index in [9.17, 15) is 5.11 Å². The lowest BCUT2D eigenvalue weighted by molar-refractivity contribution is 0.0787. The van der Waals surface area contributed by atoms with E-state index in [1.165, 1.54) is 0 Å². The predicted octanol–water partition coefficient (Wildman–Crippen LogP) is 4.71. The van der Waals surface area contributed by atoms with Crippen molar-refractivity contribution < 1.29 is 9.63 Å². The molecule has 0 spiro atoms. The number of aromatic nitrogens is 3. The topological polar surface area (TPSA) is 64.1 Å². The average Bonchev–Trinajstić information content (AvgIpc) is 3.09. The van der Waals surface area contributed by atoms with Gasteiger partial charge in [0.1, 0.15) is 5.76 Å². The second-order valence-corrected chi connectivity index (χ2v) is 7.33. The van der Waals surface area contributed by atoms with Gasteiger partial charge in [-0.05, 0) is 52.3 Å². The standard InChI is InChI=1S/C21H23N3O2/c1-6-24-17-10-15(21(4,5)25)7-8-16(17)20-18(24)9-14(11-22-20)19-12(2)23-26-13(19)3/h7-11,25H,6H2,1-5H3. The van der Waals surface area contributed by atoms with E-state index in [1.54, 1.807) is 13.8 Å². The molecule has 0 aliphatic carbocycles. The summed E-state index contributed by atoms with van der Waals surface area (Å²) in [4.78, 5) is 4.76. The minimum Gasteiger partial charge on any atom is -0.386 e. The number of hydrogen-bond acceptors (Lipinski definition) is 4. The highest BCUT2D eigenvalue weighted by Crippen LogP contribution is 2.34. The molecule has 4 rings (SSSR count). The fourth-order valence-corrected chi connectivity index (χ4v) is 3.70. The number of nitrogens with zero attached hydrogens (tertiary/aromatic N) is 3. The molecule has 3 aromatic heterocycles. The third kappa shape index (κ3) is 2.42. The summed E-state index contributed by atoms with van der Waals surface area (Å²) in [6, 6.07) is 8.25. The van der Waals surface area contributed by atoms with Crippen molar-refractivity contribution in [1.82, 2.24) is 14.7 Å². The number of rotatable bonds is 3. The zero-order chi connectivity index (χ0) is 18.6. The summed E-state index contributed by atoms with van der Waals surface area (Å²) in [5.74, 6) is 0.798. The van der Waals surface area contributed by atoms with E-state index in [4.69, 9.17) is 9.51 Å². The van der Waals surface area contributed by atoms with Crippen molar-refractivity contribution in [2.24, 2.45) is 0 Å². The van der Waals surface area contributed by atoms with Gasteiger partial charge in [0.15, 0.2) is 0 Å². The van der Waals surface area contributed by atoms with Gasteiger partial charge < -0.3 is 14.2 Å². The molecule has 3 heterocycles. The molecule has 5 nitrogen and oxygen atoms in total. The minimum absolute atomic E-state index is 0.798. The fourth-order valence-electron chi connectivity index (χ4n) is 3.70. The number of pyridine rings is 1. The lowest BCUT2D eigenvalue weighted by Gasteiger charge is -2.18. The Morgan fingerprint density at radius 2 is 1.92 bits per heavy atom. The average molecular weight is 349 g/mol. The lowest BCUT2D eigenvalue weighted by atomic mass is 9.97. The molecule has 1 aromatic carbocycles. The largest absolute Gasteiger partial charge is 0.386 e. The third-order valence-electron chi connectivity index (χ3n) is 5.05. The molecule has 5 heteroatoms. The van der Waals surface area contributed by atoms with Crippen molar-refractivity contribution in [2.45, 2.75) is 46.8 Å². The predicted molar refractivity (Wildman–Crippen MR) is 103 cm³/mol. The van der Waals surface area contributed by atoms with Crippen LogP contribution in [0.1, 0.15) is 37.8 Å². The molecular weight excluding hydrogens is 326 g/mol. The van der Waals surface area contributed by atoms with Crippen LogP contribution >= 0.6 is 0 Å². The summed E-state index contributed by atoms with van der Waals surface area (Å²) in [6.07, 6.45) is 1.89. The maximum atomic E-state index is 10.4. The van der Waals surface area contributed by atoms with E-state index in [1.807, 2.05) is 26.1 Å². The molecular formula is C21H23N3O2. The normalized spacial score (nSPS) is 12.4. The third-order valence-corrected chi connectivity index (χ3v) is 5.05. The molecule has 0 aliphatic rings. The summed E-state index contributed by atoms with van der Waals surface area (Å²) < 4.78 is 7.56. The van der Waals surface area contributed by atoms with Crippen molar-refractivity contribution in [1.29, 1.82) is 0 Å². The smallest absolute Gasteiger partial charge is 0.141 e. The molecule has 134 valence electrons. The Bertz CT molecular complexity index is 1110. The number of hydrogen-bond donors (Lipinski definition) is 1. The Balaban J connectivity index is 2.03. The van der Waals surface area contributed by atoms with Crippen LogP contribution in [0.4, 0.5) is 0 Å². The van der Waals surface area contributed by atoms with Crippen molar-refractivity contribution in [3.63, 3.8) is 0 Å². The van der Waals surface area contributed by atoms with Gasteiger partial charge in [-0.1, -0.05) is 17.3 Å². The van der Waals surface area contributed by atoms with E-state index in [0.717, 1.165) is 56.6 Å². The molecule has 4 aromatic rings. The number of benzene rings is 1. The fraction of sp³-hybridized carbons (Fsp3) is 0.333. The molecule has 0 saturated carbocycles. The van der Waals surface area contributed by atoms with Crippen LogP contribution in [0, 0.1) is 13.8 Å². The highest BCUT2D eigenvalue weighted by molar-refractivity contribution is 6.06. The molecule has 0 amide bonds. The quantitative estimate of drug-likeness (QED) is 0.582. The first-order valence-corrected chi connectivity index (χ1v) is 8.89. The SMILES string of the molecule is CCn1c2cc(C(C)(C)O)ccc2c2ncc(-c3c(C)noc3C)cc21.